The van der Waals surface area contributed by atoms with Gasteiger partial charge in [0.25, 0.3) is 0 Å². The summed E-state index contributed by atoms with van der Waals surface area (Å²) in [4.78, 5) is 10.3. The van der Waals surface area contributed by atoms with Crippen molar-refractivity contribution >= 4 is 5.97 Å². The van der Waals surface area contributed by atoms with Crippen LogP contribution in [0.4, 0.5) is 0 Å². The highest BCUT2D eigenvalue weighted by Gasteiger charge is 2.09. The minimum Gasteiger partial charge on any atom is -0.478 e. The zero-order valence-corrected chi connectivity index (χ0v) is 7.97. The summed E-state index contributed by atoms with van der Waals surface area (Å²) in [6.45, 7) is 1.87. The maximum Gasteiger partial charge on any atom is 0.328 e. The molecule has 0 aliphatic heterocycles. The Labute approximate surface area is 82.9 Å². The quantitative estimate of drug-likeness (QED) is 0.648. The molecule has 0 bridgehead atoms. The molecular weight excluding hydrogens is 178 g/mol. The van der Waals surface area contributed by atoms with Crippen molar-refractivity contribution in [1.29, 1.82) is 0 Å². The first-order valence-electron chi connectivity index (χ1n) is 4.28. The van der Waals surface area contributed by atoms with Crippen LogP contribution in [0.1, 0.15) is 6.92 Å². The molecule has 74 valence electrons. The minimum absolute atomic E-state index is 0.463. The fraction of sp³-hybridized carbons (Fsp3) is 0.182. The van der Waals surface area contributed by atoms with Gasteiger partial charge >= 0.3 is 5.97 Å². The predicted octanol–water partition coefficient (Wildman–Crippen LogP) is 1.40. The van der Waals surface area contributed by atoms with E-state index in [1.54, 1.807) is 6.08 Å². The minimum atomic E-state index is -0.956. The van der Waals surface area contributed by atoms with Crippen molar-refractivity contribution in [2.45, 2.75) is 12.5 Å². The van der Waals surface area contributed by atoms with Crippen molar-refractivity contribution in [3.05, 3.63) is 48.1 Å². The van der Waals surface area contributed by atoms with Crippen LogP contribution in [0.15, 0.2) is 48.1 Å². The lowest BCUT2D eigenvalue weighted by Crippen LogP contribution is -2.30. The van der Waals surface area contributed by atoms with E-state index < -0.39 is 11.5 Å². The molecule has 1 aliphatic rings. The Kier molecular flexibility index (Phi) is 3.04. The van der Waals surface area contributed by atoms with Crippen molar-refractivity contribution < 1.29 is 9.90 Å². The van der Waals surface area contributed by atoms with Gasteiger partial charge in [0.15, 0.2) is 0 Å². The summed E-state index contributed by atoms with van der Waals surface area (Å²) in [5.74, 6) is -0.956. The summed E-state index contributed by atoms with van der Waals surface area (Å²) in [6, 6.07) is 0. The molecule has 0 saturated heterocycles. The Morgan fingerprint density at radius 2 is 2.29 bits per heavy atom. The van der Waals surface area contributed by atoms with Gasteiger partial charge in [-0.2, -0.15) is 0 Å². The Morgan fingerprint density at radius 3 is 2.93 bits per heavy atom. The van der Waals surface area contributed by atoms with E-state index in [-0.39, 0.29) is 0 Å². The summed E-state index contributed by atoms with van der Waals surface area (Å²) in [5.41, 5.74) is 6.20. The molecule has 1 atom stereocenters. The van der Waals surface area contributed by atoms with E-state index in [1.165, 1.54) is 6.08 Å². The maximum absolute atomic E-state index is 10.3. The molecule has 0 spiro atoms. The largest absolute Gasteiger partial charge is 0.478 e. The highest BCUT2D eigenvalue weighted by Crippen LogP contribution is 2.12. The average Bonchev–Trinajstić information content (AvgIpc) is 2.23. The van der Waals surface area contributed by atoms with Gasteiger partial charge in [0.2, 0.25) is 0 Å². The second kappa shape index (κ2) is 4.07. The predicted molar refractivity (Wildman–Crippen MR) is 55.7 cm³/mol. The van der Waals surface area contributed by atoms with Crippen molar-refractivity contribution in [2.75, 3.05) is 0 Å². The van der Waals surface area contributed by atoms with Crippen LogP contribution in [-0.4, -0.2) is 16.6 Å². The van der Waals surface area contributed by atoms with Crippen molar-refractivity contribution in [3.63, 3.8) is 0 Å². The third-order valence-corrected chi connectivity index (χ3v) is 1.80. The zero-order chi connectivity index (χ0) is 10.6. The monoisotopic (exact) mass is 191 g/mol. The fourth-order valence-corrected chi connectivity index (χ4v) is 1.03. The van der Waals surface area contributed by atoms with Crippen molar-refractivity contribution in [2.24, 2.45) is 5.73 Å². The lowest BCUT2D eigenvalue weighted by Gasteiger charge is -2.12. The number of rotatable bonds is 2. The SMILES string of the molecule is CC1(N)C=CC=C(/C=C/C(=O)O)C=C1. The number of carbonyl (C=O) groups is 1. The number of hydrogen-bond donors (Lipinski definition) is 2. The Morgan fingerprint density at radius 1 is 1.57 bits per heavy atom. The molecule has 0 heterocycles. The summed E-state index contributed by atoms with van der Waals surface area (Å²) >= 11 is 0. The molecule has 1 rings (SSSR count). The first-order valence-corrected chi connectivity index (χ1v) is 4.28. The molecule has 0 amide bonds. The Hall–Kier alpha value is -1.61. The van der Waals surface area contributed by atoms with Gasteiger partial charge in [-0.3, -0.25) is 0 Å². The molecule has 0 aromatic carbocycles. The number of nitrogens with two attached hydrogens (primary N) is 1. The van der Waals surface area contributed by atoms with E-state index in [0.29, 0.717) is 0 Å². The van der Waals surface area contributed by atoms with Gasteiger partial charge in [0.05, 0.1) is 5.54 Å². The van der Waals surface area contributed by atoms with Crippen LogP contribution in [0.2, 0.25) is 0 Å². The van der Waals surface area contributed by atoms with Gasteiger partial charge in [0.1, 0.15) is 0 Å². The maximum atomic E-state index is 10.3. The molecule has 1 aliphatic carbocycles. The van der Waals surface area contributed by atoms with Gasteiger partial charge in [-0.05, 0) is 18.6 Å². The first kappa shape index (κ1) is 10.5. The van der Waals surface area contributed by atoms with E-state index >= 15 is 0 Å². The van der Waals surface area contributed by atoms with E-state index in [0.717, 1.165) is 11.6 Å². The number of hydrogen-bond acceptors (Lipinski definition) is 2. The number of aliphatic carboxylic acids is 1. The zero-order valence-electron chi connectivity index (χ0n) is 7.97. The van der Waals surface area contributed by atoms with Gasteiger partial charge in [-0.25, -0.2) is 4.79 Å². The third kappa shape index (κ3) is 3.41. The van der Waals surface area contributed by atoms with Gasteiger partial charge in [0, 0.05) is 6.08 Å². The van der Waals surface area contributed by atoms with Crippen LogP contribution in [-0.2, 0) is 4.79 Å². The Bertz CT molecular complexity index is 346. The normalized spacial score (nSPS) is 26.3. The molecule has 0 aromatic rings. The third-order valence-electron chi connectivity index (χ3n) is 1.80. The molecule has 1 unspecified atom stereocenters. The van der Waals surface area contributed by atoms with Crippen LogP contribution in [0.5, 0.6) is 0 Å². The summed E-state index contributed by atoms with van der Waals surface area (Å²) < 4.78 is 0. The first-order chi connectivity index (χ1) is 6.49. The second-order valence-electron chi connectivity index (χ2n) is 3.40. The lowest BCUT2D eigenvalue weighted by atomic mass is 10.0. The number of allylic oxidation sites excluding steroid dienone is 5. The number of carboxylic acid groups (broad SMARTS) is 1. The van der Waals surface area contributed by atoms with E-state index in [2.05, 4.69) is 0 Å². The Balaban J connectivity index is 2.80. The molecule has 0 fully saturated rings. The highest BCUT2D eigenvalue weighted by atomic mass is 16.4. The molecule has 3 nitrogen and oxygen atoms in total. The van der Waals surface area contributed by atoms with Gasteiger partial charge in [-0.15, -0.1) is 0 Å². The molecule has 14 heavy (non-hydrogen) atoms. The molecular formula is C11H13NO2. The van der Waals surface area contributed by atoms with Crippen molar-refractivity contribution in [1.82, 2.24) is 0 Å². The number of carboxylic acids is 1. The topological polar surface area (TPSA) is 63.3 Å². The van der Waals surface area contributed by atoms with Crippen LogP contribution < -0.4 is 5.73 Å². The van der Waals surface area contributed by atoms with Crippen LogP contribution in [0, 0.1) is 0 Å². The van der Waals surface area contributed by atoms with Crippen LogP contribution >= 0.6 is 0 Å². The molecule has 0 saturated carbocycles. The molecule has 3 N–H and O–H groups in total. The van der Waals surface area contributed by atoms with E-state index in [1.807, 2.05) is 31.2 Å². The fourth-order valence-electron chi connectivity index (χ4n) is 1.03. The van der Waals surface area contributed by atoms with Crippen LogP contribution in [0.3, 0.4) is 0 Å². The summed E-state index contributed by atoms with van der Waals surface area (Å²) in [7, 11) is 0. The standard InChI is InChI=1S/C11H13NO2/c1-11(12)7-2-3-9(6-8-11)4-5-10(13)14/h2-8H,12H2,1H3,(H,13,14)/b5-4+. The average molecular weight is 191 g/mol. The van der Waals surface area contributed by atoms with Crippen LogP contribution in [0.25, 0.3) is 0 Å². The lowest BCUT2D eigenvalue weighted by molar-refractivity contribution is -0.131. The smallest absolute Gasteiger partial charge is 0.328 e. The van der Waals surface area contributed by atoms with Gasteiger partial charge in [-0.1, -0.05) is 30.4 Å². The summed E-state index contributed by atoms with van der Waals surface area (Å²) in [6.07, 6.45) is 11.8. The molecule has 0 radical (unpaired) electrons. The van der Waals surface area contributed by atoms with E-state index in [4.69, 9.17) is 10.8 Å². The highest BCUT2D eigenvalue weighted by molar-refractivity contribution is 5.80. The summed E-state index contributed by atoms with van der Waals surface area (Å²) in [5, 5.41) is 8.44. The second-order valence-corrected chi connectivity index (χ2v) is 3.40. The molecule has 3 heteroatoms. The van der Waals surface area contributed by atoms with Crippen molar-refractivity contribution in [3.8, 4) is 0 Å². The molecule has 0 aromatic heterocycles. The van der Waals surface area contributed by atoms with E-state index in [9.17, 15) is 4.79 Å². The van der Waals surface area contributed by atoms with Gasteiger partial charge < -0.3 is 10.8 Å².